The van der Waals surface area contributed by atoms with Crippen LogP contribution in [-0.2, 0) is 6.18 Å². The summed E-state index contributed by atoms with van der Waals surface area (Å²) in [4.78, 5) is 3.28. The molecule has 0 aliphatic heterocycles. The third kappa shape index (κ3) is 1.58. The second-order valence-electron chi connectivity index (χ2n) is 2.20. The van der Waals surface area contributed by atoms with Gasteiger partial charge in [0, 0.05) is 0 Å². The molecule has 0 saturated carbocycles. The van der Waals surface area contributed by atoms with E-state index in [-0.39, 0.29) is 5.69 Å². The van der Waals surface area contributed by atoms with Crippen LogP contribution < -0.4 is 11.5 Å². The number of nitrogens with two attached hydrogens (primary N) is 2. The lowest BCUT2D eigenvalue weighted by Crippen LogP contribution is -2.10. The molecule has 0 aliphatic rings. The summed E-state index contributed by atoms with van der Waals surface area (Å²) in [5.41, 5.74) is 9.04. The van der Waals surface area contributed by atoms with Gasteiger partial charge >= 0.3 is 6.18 Å². The van der Waals surface area contributed by atoms with Crippen LogP contribution in [0.15, 0.2) is 12.3 Å². The van der Waals surface area contributed by atoms with E-state index in [2.05, 4.69) is 4.98 Å². The highest BCUT2D eigenvalue weighted by atomic mass is 19.4. The maximum atomic E-state index is 12.1. The summed E-state index contributed by atoms with van der Waals surface area (Å²) in [5, 5.41) is 0. The van der Waals surface area contributed by atoms with Crippen molar-refractivity contribution in [1.29, 1.82) is 0 Å². The van der Waals surface area contributed by atoms with E-state index in [4.69, 9.17) is 11.5 Å². The molecular formula is C6H6F3N3. The van der Waals surface area contributed by atoms with Gasteiger partial charge in [-0.1, -0.05) is 0 Å². The summed E-state index contributed by atoms with van der Waals surface area (Å²) in [6.45, 7) is 0. The van der Waals surface area contributed by atoms with Gasteiger partial charge in [-0.25, -0.2) is 4.98 Å². The largest absolute Gasteiger partial charge is 0.420 e. The molecular weight excluding hydrogens is 171 g/mol. The van der Waals surface area contributed by atoms with Crippen molar-refractivity contribution in [3.8, 4) is 0 Å². The number of hydrogen-bond acceptors (Lipinski definition) is 3. The second kappa shape index (κ2) is 2.54. The first-order valence-corrected chi connectivity index (χ1v) is 2.99. The van der Waals surface area contributed by atoms with E-state index >= 15 is 0 Å². The molecule has 0 atom stereocenters. The fraction of sp³-hybridized carbons (Fsp3) is 0.167. The molecule has 4 N–H and O–H groups in total. The molecule has 66 valence electrons. The molecule has 1 heterocycles. The highest BCUT2D eigenvalue weighted by molar-refractivity contribution is 5.49. The first-order valence-electron chi connectivity index (χ1n) is 2.99. The first kappa shape index (κ1) is 8.63. The number of nitrogen functional groups attached to an aromatic ring is 2. The Labute approximate surface area is 66.2 Å². The fourth-order valence-electron chi connectivity index (χ4n) is 0.719. The third-order valence-corrected chi connectivity index (χ3v) is 1.25. The van der Waals surface area contributed by atoms with Gasteiger partial charge in [0.15, 0.2) is 0 Å². The van der Waals surface area contributed by atoms with Crippen LogP contribution in [0.25, 0.3) is 0 Å². The van der Waals surface area contributed by atoms with Gasteiger partial charge < -0.3 is 11.5 Å². The summed E-state index contributed by atoms with van der Waals surface area (Å²) in [6.07, 6.45) is -3.42. The van der Waals surface area contributed by atoms with Gasteiger partial charge in [0.25, 0.3) is 0 Å². The molecule has 0 aromatic carbocycles. The normalized spacial score (nSPS) is 11.6. The van der Waals surface area contributed by atoms with E-state index in [1.54, 1.807) is 0 Å². The van der Waals surface area contributed by atoms with E-state index in [1.807, 2.05) is 0 Å². The molecule has 1 aromatic heterocycles. The predicted molar refractivity (Wildman–Crippen MR) is 38.1 cm³/mol. The van der Waals surface area contributed by atoms with Crippen molar-refractivity contribution in [2.75, 3.05) is 11.5 Å². The van der Waals surface area contributed by atoms with Crippen LogP contribution in [0, 0.1) is 0 Å². The molecule has 0 bridgehead atoms. The lowest BCUT2D eigenvalue weighted by Gasteiger charge is -2.08. The van der Waals surface area contributed by atoms with Gasteiger partial charge in [-0.3, -0.25) is 0 Å². The van der Waals surface area contributed by atoms with Crippen molar-refractivity contribution in [2.45, 2.75) is 6.18 Å². The third-order valence-electron chi connectivity index (χ3n) is 1.25. The number of pyridine rings is 1. The Bertz CT molecular complexity index is 295. The van der Waals surface area contributed by atoms with E-state index in [0.717, 1.165) is 12.3 Å². The van der Waals surface area contributed by atoms with Crippen molar-refractivity contribution < 1.29 is 13.2 Å². The highest BCUT2D eigenvalue weighted by Gasteiger charge is 2.33. The van der Waals surface area contributed by atoms with Crippen LogP contribution in [0.5, 0.6) is 0 Å². The van der Waals surface area contributed by atoms with Crippen LogP contribution in [-0.4, -0.2) is 4.98 Å². The number of halogens is 3. The SMILES string of the molecule is Nc1cnc(N)c(C(F)(F)F)c1. The van der Waals surface area contributed by atoms with Gasteiger partial charge in [-0.05, 0) is 6.07 Å². The molecule has 0 aliphatic carbocycles. The molecule has 0 fully saturated rings. The van der Waals surface area contributed by atoms with Crippen molar-refractivity contribution in [3.63, 3.8) is 0 Å². The molecule has 1 rings (SSSR count). The zero-order chi connectivity index (χ0) is 9.35. The second-order valence-corrected chi connectivity index (χ2v) is 2.20. The maximum absolute atomic E-state index is 12.1. The predicted octanol–water partition coefficient (Wildman–Crippen LogP) is 1.26. The van der Waals surface area contributed by atoms with Crippen molar-refractivity contribution in [1.82, 2.24) is 4.98 Å². The van der Waals surface area contributed by atoms with Crippen LogP contribution in [0.3, 0.4) is 0 Å². The van der Waals surface area contributed by atoms with Gasteiger partial charge in [-0.15, -0.1) is 0 Å². The summed E-state index contributed by atoms with van der Waals surface area (Å²) < 4.78 is 36.2. The quantitative estimate of drug-likeness (QED) is 0.627. The Morgan fingerprint density at radius 1 is 1.25 bits per heavy atom. The van der Waals surface area contributed by atoms with Gasteiger partial charge in [0.05, 0.1) is 17.4 Å². The first-order chi connectivity index (χ1) is 5.41. The van der Waals surface area contributed by atoms with E-state index in [1.165, 1.54) is 0 Å². The maximum Gasteiger partial charge on any atom is 0.420 e. The van der Waals surface area contributed by atoms with Crippen LogP contribution in [0.4, 0.5) is 24.7 Å². The highest BCUT2D eigenvalue weighted by Crippen LogP contribution is 2.33. The summed E-state index contributed by atoms with van der Waals surface area (Å²) in [7, 11) is 0. The Morgan fingerprint density at radius 3 is 2.25 bits per heavy atom. The van der Waals surface area contributed by atoms with E-state index < -0.39 is 17.6 Å². The Balaban J connectivity index is 3.23. The van der Waals surface area contributed by atoms with E-state index in [9.17, 15) is 13.2 Å². The molecule has 3 nitrogen and oxygen atoms in total. The van der Waals surface area contributed by atoms with Crippen molar-refractivity contribution >= 4 is 11.5 Å². The molecule has 6 heteroatoms. The molecule has 0 spiro atoms. The number of aromatic nitrogens is 1. The van der Waals surface area contributed by atoms with Crippen LogP contribution in [0.2, 0.25) is 0 Å². The van der Waals surface area contributed by atoms with E-state index in [0.29, 0.717) is 0 Å². The average molecular weight is 177 g/mol. The van der Waals surface area contributed by atoms with Gasteiger partial charge in [0.1, 0.15) is 5.82 Å². The van der Waals surface area contributed by atoms with Crippen LogP contribution >= 0.6 is 0 Å². The molecule has 0 unspecified atom stereocenters. The topological polar surface area (TPSA) is 64.9 Å². The minimum Gasteiger partial charge on any atom is -0.397 e. The standard InChI is InChI=1S/C6H6F3N3/c7-6(8,9)4-1-3(10)2-12-5(4)11/h1-2H,10H2,(H2,11,12). The lowest BCUT2D eigenvalue weighted by atomic mass is 10.2. The smallest absolute Gasteiger partial charge is 0.397 e. The number of alkyl halides is 3. The minimum absolute atomic E-state index is 0.0588. The van der Waals surface area contributed by atoms with Crippen molar-refractivity contribution in [2.24, 2.45) is 0 Å². The Morgan fingerprint density at radius 2 is 1.83 bits per heavy atom. The summed E-state index contributed by atoms with van der Waals surface area (Å²) in [5.74, 6) is -0.559. The summed E-state index contributed by atoms with van der Waals surface area (Å²) >= 11 is 0. The zero-order valence-corrected chi connectivity index (χ0v) is 5.89. The Hall–Kier alpha value is -1.46. The molecule has 1 aromatic rings. The molecule has 0 radical (unpaired) electrons. The molecule has 0 amide bonds. The van der Waals surface area contributed by atoms with Crippen molar-refractivity contribution in [3.05, 3.63) is 17.8 Å². The number of nitrogens with zero attached hydrogens (tertiary/aromatic N) is 1. The zero-order valence-electron chi connectivity index (χ0n) is 5.89. The van der Waals surface area contributed by atoms with Gasteiger partial charge in [0.2, 0.25) is 0 Å². The minimum atomic E-state index is -4.49. The number of hydrogen-bond donors (Lipinski definition) is 2. The number of rotatable bonds is 0. The average Bonchev–Trinajstić information content (AvgIpc) is 1.92. The molecule has 0 saturated heterocycles. The summed E-state index contributed by atoms with van der Waals surface area (Å²) in [6, 6.07) is 0.752. The Kier molecular flexibility index (Phi) is 1.83. The monoisotopic (exact) mass is 177 g/mol. The van der Waals surface area contributed by atoms with Crippen LogP contribution in [0.1, 0.15) is 5.56 Å². The molecule has 12 heavy (non-hydrogen) atoms. The number of anilines is 2. The lowest BCUT2D eigenvalue weighted by molar-refractivity contribution is -0.137. The fourth-order valence-corrected chi connectivity index (χ4v) is 0.719. The van der Waals surface area contributed by atoms with Gasteiger partial charge in [-0.2, -0.15) is 13.2 Å².